The van der Waals surface area contributed by atoms with Gasteiger partial charge >= 0.3 is 0 Å². The van der Waals surface area contributed by atoms with Crippen molar-refractivity contribution in [3.63, 3.8) is 0 Å². The maximum Gasteiger partial charge on any atom is 0.145 e. The predicted molar refractivity (Wildman–Crippen MR) is 63.8 cm³/mol. The number of thioether (sulfide) groups is 1. The summed E-state index contributed by atoms with van der Waals surface area (Å²) in [7, 11) is 0. The van der Waals surface area contributed by atoms with Crippen molar-refractivity contribution in [3.8, 4) is 0 Å². The van der Waals surface area contributed by atoms with Crippen LogP contribution >= 0.6 is 11.8 Å². The number of aromatic nitrogens is 2. The lowest BCUT2D eigenvalue weighted by atomic mass is 10.2. The molecule has 5 nitrogen and oxygen atoms in total. The van der Waals surface area contributed by atoms with Gasteiger partial charge in [0, 0.05) is 17.9 Å². The molecule has 2 rings (SSSR count). The number of hydrogen-bond donors (Lipinski definition) is 3. The third-order valence-corrected chi connectivity index (χ3v) is 3.54. The Kier molecular flexibility index (Phi) is 3.63. The van der Waals surface area contributed by atoms with E-state index in [0.29, 0.717) is 11.9 Å². The van der Waals surface area contributed by atoms with Gasteiger partial charge in [-0.25, -0.2) is 15.8 Å². The van der Waals surface area contributed by atoms with Gasteiger partial charge in [-0.1, -0.05) is 0 Å². The molecule has 82 valence electrons. The second kappa shape index (κ2) is 5.18. The van der Waals surface area contributed by atoms with E-state index in [1.54, 1.807) is 0 Å². The molecular weight excluding hydrogens is 210 g/mol. The first kappa shape index (κ1) is 10.5. The number of hydrazine groups is 1. The molecule has 0 saturated carbocycles. The number of nitrogens with two attached hydrogens (primary N) is 1. The Balaban J connectivity index is 1.96. The zero-order valence-corrected chi connectivity index (χ0v) is 9.26. The summed E-state index contributed by atoms with van der Waals surface area (Å²) in [6.07, 6.45) is 3.99. The molecule has 0 radical (unpaired) electrons. The molecule has 1 saturated heterocycles. The molecule has 1 unspecified atom stereocenters. The van der Waals surface area contributed by atoms with E-state index in [2.05, 4.69) is 20.7 Å². The summed E-state index contributed by atoms with van der Waals surface area (Å²) in [5.41, 5.74) is 2.51. The van der Waals surface area contributed by atoms with Crippen LogP contribution in [-0.2, 0) is 0 Å². The van der Waals surface area contributed by atoms with Gasteiger partial charge in [0.15, 0.2) is 0 Å². The highest BCUT2D eigenvalue weighted by Crippen LogP contribution is 2.20. The molecule has 1 aromatic heterocycles. The van der Waals surface area contributed by atoms with E-state index in [1.807, 2.05) is 17.8 Å². The van der Waals surface area contributed by atoms with E-state index >= 15 is 0 Å². The first-order valence-electron chi connectivity index (χ1n) is 5.01. The molecule has 6 heteroatoms. The van der Waals surface area contributed by atoms with Crippen molar-refractivity contribution in [1.82, 2.24) is 9.97 Å². The predicted octanol–water partition coefficient (Wildman–Crippen LogP) is 1.07. The SMILES string of the molecule is NNc1cc(NC2CCCSC2)ncn1. The minimum absolute atomic E-state index is 0.518. The van der Waals surface area contributed by atoms with Crippen LogP contribution in [0.2, 0.25) is 0 Å². The van der Waals surface area contributed by atoms with Gasteiger partial charge in [0.1, 0.15) is 18.0 Å². The van der Waals surface area contributed by atoms with Crippen LogP contribution in [0, 0.1) is 0 Å². The van der Waals surface area contributed by atoms with Crippen molar-refractivity contribution in [2.24, 2.45) is 5.84 Å². The summed E-state index contributed by atoms with van der Waals surface area (Å²) >= 11 is 1.99. The molecule has 1 atom stereocenters. The van der Waals surface area contributed by atoms with E-state index in [9.17, 15) is 0 Å². The number of rotatable bonds is 3. The van der Waals surface area contributed by atoms with Crippen molar-refractivity contribution in [3.05, 3.63) is 12.4 Å². The lowest BCUT2D eigenvalue weighted by molar-refractivity contribution is 0.682. The van der Waals surface area contributed by atoms with Crippen LogP contribution in [0.1, 0.15) is 12.8 Å². The van der Waals surface area contributed by atoms with Crippen LogP contribution in [0.3, 0.4) is 0 Å². The van der Waals surface area contributed by atoms with Crippen molar-refractivity contribution in [2.75, 3.05) is 22.2 Å². The molecular formula is C9H15N5S. The monoisotopic (exact) mass is 225 g/mol. The Hall–Kier alpha value is -1.01. The maximum absolute atomic E-state index is 5.28. The minimum atomic E-state index is 0.518. The Labute approximate surface area is 93.2 Å². The average molecular weight is 225 g/mol. The Morgan fingerprint density at radius 3 is 3.00 bits per heavy atom. The van der Waals surface area contributed by atoms with E-state index in [0.717, 1.165) is 11.6 Å². The van der Waals surface area contributed by atoms with Crippen LogP contribution in [0.15, 0.2) is 12.4 Å². The summed E-state index contributed by atoms with van der Waals surface area (Å²) < 4.78 is 0. The number of anilines is 2. The minimum Gasteiger partial charge on any atom is -0.366 e. The van der Waals surface area contributed by atoms with Crippen LogP contribution in [0.5, 0.6) is 0 Å². The molecule has 1 aliphatic heterocycles. The first-order valence-corrected chi connectivity index (χ1v) is 6.17. The molecule has 0 amide bonds. The van der Waals surface area contributed by atoms with Gasteiger partial charge < -0.3 is 10.7 Å². The highest BCUT2D eigenvalue weighted by atomic mass is 32.2. The van der Waals surface area contributed by atoms with Crippen molar-refractivity contribution in [1.29, 1.82) is 0 Å². The second-order valence-corrected chi connectivity index (χ2v) is 4.64. The van der Waals surface area contributed by atoms with Gasteiger partial charge in [-0.15, -0.1) is 0 Å². The average Bonchev–Trinajstić information content (AvgIpc) is 2.31. The van der Waals surface area contributed by atoms with E-state index in [1.165, 1.54) is 24.9 Å². The highest BCUT2D eigenvalue weighted by Gasteiger charge is 2.13. The fraction of sp³-hybridized carbons (Fsp3) is 0.556. The van der Waals surface area contributed by atoms with Gasteiger partial charge in [-0.2, -0.15) is 11.8 Å². The number of nitrogen functional groups attached to an aromatic ring is 1. The first-order chi connectivity index (χ1) is 7.38. The quantitative estimate of drug-likeness (QED) is 0.528. The molecule has 1 aliphatic rings. The lowest BCUT2D eigenvalue weighted by Crippen LogP contribution is -2.26. The molecule has 1 aromatic rings. The Bertz CT molecular complexity index is 313. The summed E-state index contributed by atoms with van der Waals surface area (Å²) in [5.74, 6) is 9.18. The maximum atomic E-state index is 5.28. The molecule has 4 N–H and O–H groups in total. The fourth-order valence-corrected chi connectivity index (χ4v) is 2.65. The van der Waals surface area contributed by atoms with Gasteiger partial charge in [-0.05, 0) is 18.6 Å². The van der Waals surface area contributed by atoms with Crippen molar-refractivity contribution in [2.45, 2.75) is 18.9 Å². The van der Waals surface area contributed by atoms with E-state index in [-0.39, 0.29) is 0 Å². The van der Waals surface area contributed by atoms with Crippen LogP contribution in [-0.4, -0.2) is 27.5 Å². The van der Waals surface area contributed by atoms with Crippen LogP contribution in [0.4, 0.5) is 11.6 Å². The smallest absolute Gasteiger partial charge is 0.145 e. The van der Waals surface area contributed by atoms with Crippen molar-refractivity contribution < 1.29 is 0 Å². The number of nitrogens with one attached hydrogen (secondary N) is 2. The number of hydrogen-bond acceptors (Lipinski definition) is 6. The van der Waals surface area contributed by atoms with E-state index < -0.39 is 0 Å². The summed E-state index contributed by atoms with van der Waals surface area (Å²) in [6.45, 7) is 0. The fourth-order valence-electron chi connectivity index (χ4n) is 1.58. The normalized spacial score (nSPS) is 21.0. The standard InChI is InChI=1S/C9H15N5S/c10-14-9-4-8(11-6-12-9)13-7-2-1-3-15-5-7/h4,6-7H,1-3,5,10H2,(H2,11,12,13,14). The zero-order valence-electron chi connectivity index (χ0n) is 8.44. The highest BCUT2D eigenvalue weighted by molar-refractivity contribution is 7.99. The topological polar surface area (TPSA) is 75.9 Å². The summed E-state index contributed by atoms with van der Waals surface area (Å²) in [4.78, 5) is 8.11. The van der Waals surface area contributed by atoms with Crippen LogP contribution < -0.4 is 16.6 Å². The molecule has 0 aliphatic carbocycles. The van der Waals surface area contributed by atoms with Gasteiger partial charge in [-0.3, -0.25) is 0 Å². The van der Waals surface area contributed by atoms with E-state index in [4.69, 9.17) is 5.84 Å². The molecule has 0 spiro atoms. The lowest BCUT2D eigenvalue weighted by Gasteiger charge is -2.22. The molecule has 0 aromatic carbocycles. The molecule has 2 heterocycles. The second-order valence-electron chi connectivity index (χ2n) is 3.49. The number of nitrogens with zero attached hydrogens (tertiary/aromatic N) is 2. The molecule has 1 fully saturated rings. The Morgan fingerprint density at radius 1 is 1.40 bits per heavy atom. The van der Waals surface area contributed by atoms with Gasteiger partial charge in [0.05, 0.1) is 0 Å². The van der Waals surface area contributed by atoms with Crippen molar-refractivity contribution >= 4 is 23.4 Å². The third kappa shape index (κ3) is 2.97. The summed E-state index contributed by atoms with van der Waals surface area (Å²) in [5, 5.41) is 3.39. The molecule has 15 heavy (non-hydrogen) atoms. The summed E-state index contributed by atoms with van der Waals surface area (Å²) in [6, 6.07) is 2.34. The largest absolute Gasteiger partial charge is 0.366 e. The Morgan fingerprint density at radius 2 is 2.27 bits per heavy atom. The molecule has 0 bridgehead atoms. The van der Waals surface area contributed by atoms with Gasteiger partial charge in [0.2, 0.25) is 0 Å². The van der Waals surface area contributed by atoms with Gasteiger partial charge in [0.25, 0.3) is 0 Å². The van der Waals surface area contributed by atoms with Crippen LogP contribution in [0.25, 0.3) is 0 Å². The zero-order chi connectivity index (χ0) is 10.5. The third-order valence-electron chi connectivity index (χ3n) is 2.33.